The van der Waals surface area contributed by atoms with Crippen LogP contribution in [0.1, 0.15) is 86.2 Å². The molecule has 3 heterocycles. The van der Waals surface area contributed by atoms with Gasteiger partial charge in [-0.1, -0.05) is 11.6 Å². The molecule has 1 spiro atoms. The highest BCUT2D eigenvalue weighted by molar-refractivity contribution is 6.00. The van der Waals surface area contributed by atoms with Gasteiger partial charge in [0, 0.05) is 23.4 Å². The molecule has 0 radical (unpaired) electrons. The number of halogens is 1. The molecule has 2 fully saturated rings. The van der Waals surface area contributed by atoms with E-state index < -0.39 is 0 Å². The molecule has 2 aromatic carbocycles. The van der Waals surface area contributed by atoms with Gasteiger partial charge in [0.2, 0.25) is 0 Å². The molecule has 3 aliphatic rings. The first-order valence-electron chi connectivity index (χ1n) is 13.8. The van der Waals surface area contributed by atoms with Gasteiger partial charge in [-0.15, -0.1) is 0 Å². The molecule has 6 nitrogen and oxygen atoms in total. The van der Waals surface area contributed by atoms with Crippen LogP contribution in [-0.2, 0) is 0 Å². The van der Waals surface area contributed by atoms with Crippen LogP contribution in [0.25, 0.3) is 11.0 Å². The van der Waals surface area contributed by atoms with Crippen LogP contribution in [0.2, 0.25) is 0 Å². The molecule has 1 aliphatic carbocycles. The fourth-order valence-corrected chi connectivity index (χ4v) is 6.32. The number of piperidine rings is 1. The lowest BCUT2D eigenvalue weighted by Crippen LogP contribution is -2.43. The smallest absolute Gasteiger partial charge is 0.170 e. The van der Waals surface area contributed by atoms with Gasteiger partial charge in [0.15, 0.2) is 11.4 Å². The Morgan fingerprint density at radius 1 is 1.05 bits per heavy atom. The minimum atomic E-state index is -0.299. The molecule has 0 atom stereocenters. The number of likely N-dealkylation sites (tertiary alicyclic amines) is 1. The van der Waals surface area contributed by atoms with Crippen molar-refractivity contribution >= 4 is 16.8 Å². The lowest BCUT2D eigenvalue weighted by Gasteiger charge is -2.40. The average Bonchev–Trinajstić information content (AvgIpc) is 3.32. The molecule has 7 heteroatoms. The van der Waals surface area contributed by atoms with Crippen molar-refractivity contribution in [2.45, 2.75) is 75.7 Å². The second-order valence-corrected chi connectivity index (χ2v) is 11.0. The van der Waals surface area contributed by atoms with E-state index in [1.807, 2.05) is 18.2 Å². The number of carbonyl (C=O) groups excluding carboxylic acids is 1. The van der Waals surface area contributed by atoms with E-state index in [4.69, 9.17) is 14.0 Å². The standard InChI is InChI=1S/C30H35FN2O4/c31-22-6-8-25-28(18-22)37-32-29(25)21-10-15-33(16-11-21)14-4-5-17-35-23-7-9-24-26(34)20-30(36-27(24)19-23)12-2-1-3-13-30/h6-9,18-19,21H,1-5,10-17,20H2. The average molecular weight is 507 g/mol. The first kappa shape index (κ1) is 24.4. The first-order valence-corrected chi connectivity index (χ1v) is 13.8. The Bertz CT molecular complexity index is 1260. The molecule has 3 aromatic rings. The van der Waals surface area contributed by atoms with E-state index >= 15 is 0 Å². The second kappa shape index (κ2) is 10.4. The van der Waals surface area contributed by atoms with E-state index in [0.29, 0.717) is 35.8 Å². The summed E-state index contributed by atoms with van der Waals surface area (Å²) in [7, 11) is 0. The highest BCUT2D eigenvalue weighted by Crippen LogP contribution is 2.43. The summed E-state index contributed by atoms with van der Waals surface area (Å²) in [5.74, 6) is 1.74. The molecule has 1 saturated heterocycles. The number of carbonyl (C=O) groups is 1. The third-order valence-corrected chi connectivity index (χ3v) is 8.40. The zero-order valence-corrected chi connectivity index (χ0v) is 21.3. The van der Waals surface area contributed by atoms with Crippen LogP contribution in [0.15, 0.2) is 40.9 Å². The molecule has 6 rings (SSSR count). The number of rotatable bonds is 7. The zero-order valence-electron chi connectivity index (χ0n) is 21.3. The third kappa shape index (κ3) is 5.24. The number of hydrogen-bond donors (Lipinski definition) is 0. The molecule has 0 bridgehead atoms. The van der Waals surface area contributed by atoms with Crippen molar-refractivity contribution in [1.29, 1.82) is 0 Å². The minimum Gasteiger partial charge on any atom is -0.493 e. The van der Waals surface area contributed by atoms with Gasteiger partial charge in [-0.25, -0.2) is 4.39 Å². The third-order valence-electron chi connectivity index (χ3n) is 8.40. The maximum atomic E-state index is 13.4. The van der Waals surface area contributed by atoms with Gasteiger partial charge in [-0.3, -0.25) is 4.79 Å². The number of unbranched alkanes of at least 4 members (excludes halogenated alkanes) is 1. The van der Waals surface area contributed by atoms with Crippen LogP contribution >= 0.6 is 0 Å². The molecule has 0 amide bonds. The molecule has 0 unspecified atom stereocenters. The van der Waals surface area contributed by atoms with Crippen LogP contribution in [0, 0.1) is 5.82 Å². The number of ketones is 1. The maximum Gasteiger partial charge on any atom is 0.170 e. The molecular formula is C30H35FN2O4. The van der Waals surface area contributed by atoms with E-state index in [-0.39, 0.29) is 17.2 Å². The molecule has 0 N–H and O–H groups in total. The topological polar surface area (TPSA) is 64.8 Å². The molecule has 1 saturated carbocycles. The van der Waals surface area contributed by atoms with Crippen molar-refractivity contribution in [3.63, 3.8) is 0 Å². The molecular weight excluding hydrogens is 471 g/mol. The molecule has 2 aliphatic heterocycles. The second-order valence-electron chi connectivity index (χ2n) is 11.0. The van der Waals surface area contributed by atoms with Crippen molar-refractivity contribution in [2.24, 2.45) is 0 Å². The maximum absolute atomic E-state index is 13.4. The van der Waals surface area contributed by atoms with Crippen molar-refractivity contribution in [3.05, 3.63) is 53.5 Å². The van der Waals surface area contributed by atoms with Crippen molar-refractivity contribution in [3.8, 4) is 11.5 Å². The van der Waals surface area contributed by atoms with E-state index in [2.05, 4.69) is 10.1 Å². The monoisotopic (exact) mass is 506 g/mol. The summed E-state index contributed by atoms with van der Waals surface area (Å²) >= 11 is 0. The largest absolute Gasteiger partial charge is 0.493 e. The molecule has 196 valence electrons. The van der Waals surface area contributed by atoms with E-state index in [9.17, 15) is 9.18 Å². The fraction of sp³-hybridized carbons (Fsp3) is 0.533. The van der Waals surface area contributed by atoms with Crippen LogP contribution in [0.3, 0.4) is 0 Å². The summed E-state index contributed by atoms with van der Waals surface area (Å²) in [4.78, 5) is 15.2. The number of fused-ring (bicyclic) bond motifs is 2. The zero-order chi connectivity index (χ0) is 25.2. The highest BCUT2D eigenvalue weighted by Gasteiger charge is 2.41. The number of Topliss-reactive ketones (excluding diaryl/α,β-unsaturated/α-hetero) is 1. The Morgan fingerprint density at radius 3 is 2.73 bits per heavy atom. The van der Waals surface area contributed by atoms with Crippen molar-refractivity contribution < 1.29 is 23.2 Å². The molecule has 1 aromatic heterocycles. The Labute approximate surface area is 217 Å². The van der Waals surface area contributed by atoms with Gasteiger partial charge in [0.25, 0.3) is 0 Å². The highest BCUT2D eigenvalue weighted by atomic mass is 19.1. The van der Waals surface area contributed by atoms with Gasteiger partial charge in [0.1, 0.15) is 22.9 Å². The predicted molar refractivity (Wildman–Crippen MR) is 139 cm³/mol. The van der Waals surface area contributed by atoms with E-state index in [1.54, 1.807) is 6.07 Å². The Hall–Kier alpha value is -2.93. The van der Waals surface area contributed by atoms with Gasteiger partial charge < -0.3 is 18.9 Å². The van der Waals surface area contributed by atoms with Gasteiger partial charge >= 0.3 is 0 Å². The quantitative estimate of drug-likeness (QED) is 0.333. The van der Waals surface area contributed by atoms with Gasteiger partial charge in [0.05, 0.1) is 24.3 Å². The Kier molecular flexibility index (Phi) is 6.89. The number of hydrogen-bond acceptors (Lipinski definition) is 6. The van der Waals surface area contributed by atoms with Crippen molar-refractivity contribution in [2.75, 3.05) is 26.2 Å². The number of aromatic nitrogens is 1. The van der Waals surface area contributed by atoms with Crippen molar-refractivity contribution in [1.82, 2.24) is 10.1 Å². The predicted octanol–water partition coefficient (Wildman–Crippen LogP) is 6.67. The number of ether oxygens (including phenoxy) is 2. The molecule has 37 heavy (non-hydrogen) atoms. The lowest BCUT2D eigenvalue weighted by atomic mass is 9.78. The lowest BCUT2D eigenvalue weighted by molar-refractivity contribution is 0.0134. The van der Waals surface area contributed by atoms with Crippen LogP contribution < -0.4 is 9.47 Å². The summed E-state index contributed by atoms with van der Waals surface area (Å²) < 4.78 is 31.2. The van der Waals surface area contributed by atoms with Crippen LogP contribution in [0.4, 0.5) is 4.39 Å². The number of benzene rings is 2. The normalized spacial score (nSPS) is 20.2. The minimum absolute atomic E-state index is 0.198. The van der Waals surface area contributed by atoms with E-state index in [1.165, 1.54) is 18.6 Å². The SMILES string of the molecule is O=C1CC2(CCCCC2)Oc2cc(OCCCCN3CCC(c4noc5cc(F)ccc45)CC3)ccc21. The van der Waals surface area contributed by atoms with Crippen LogP contribution in [-0.4, -0.2) is 47.7 Å². The first-order chi connectivity index (χ1) is 18.1. The fourth-order valence-electron chi connectivity index (χ4n) is 6.32. The summed E-state index contributed by atoms with van der Waals surface area (Å²) in [6, 6.07) is 10.3. The van der Waals surface area contributed by atoms with Crippen LogP contribution in [0.5, 0.6) is 11.5 Å². The Morgan fingerprint density at radius 2 is 1.89 bits per heavy atom. The van der Waals surface area contributed by atoms with Gasteiger partial charge in [-0.2, -0.15) is 0 Å². The summed E-state index contributed by atoms with van der Waals surface area (Å²) in [5.41, 5.74) is 1.89. The summed E-state index contributed by atoms with van der Waals surface area (Å²) in [6.45, 7) is 3.75. The van der Waals surface area contributed by atoms with Gasteiger partial charge in [-0.05, 0) is 95.3 Å². The summed E-state index contributed by atoms with van der Waals surface area (Å²) in [5, 5.41) is 5.19. The Balaban J connectivity index is 0.945. The number of nitrogens with zero attached hydrogens (tertiary/aromatic N) is 2. The van der Waals surface area contributed by atoms with E-state index in [0.717, 1.165) is 87.8 Å². The summed E-state index contributed by atoms with van der Waals surface area (Å²) in [6.07, 6.45) is 10.0.